The van der Waals surface area contributed by atoms with Crippen LogP contribution in [0.4, 0.5) is 0 Å². The number of unbranched alkanes of at least 4 members (excludes halogenated alkanes) is 44. The number of nitrogens with zero attached hydrogens (tertiary/aromatic N) is 1. The molecule has 0 radical (unpaired) electrons. The predicted octanol–water partition coefficient (Wildman–Crippen LogP) is 20.3. The lowest BCUT2D eigenvalue weighted by Crippen LogP contribution is -2.37. The quantitative estimate of drug-likeness (QED) is 0.0195. The molecule has 0 saturated heterocycles. The van der Waals surface area contributed by atoms with Gasteiger partial charge in [-0.05, 0) is 64.2 Å². The molecule has 0 aromatic heterocycles. The Morgan fingerprint density at radius 2 is 0.671 bits per heavy atom. The molecule has 9 nitrogen and oxygen atoms in total. The zero-order valence-corrected chi connectivity index (χ0v) is 52.1. The molecule has 0 aliphatic carbocycles. The standard InChI is InChI=1S/C66H128NO8P/c1-6-8-10-12-14-16-18-20-21-22-23-24-25-26-27-28-29-30-31-32-33-34-35-36-37-38-39-40-41-42-43-44-45-47-49-51-53-55-57-59-66(69)75-64(63-74-76(70,71)73-61-60-67(3,4)5)62-72-65(68)58-56-54-52-50-48-46-19-17-15-13-11-9-7-2/h17,19,22-23,64H,6-16,18,20-21,24-63H2,1-5H3/b19-17-,23-22-. The van der Waals surface area contributed by atoms with Crippen LogP contribution < -0.4 is 4.89 Å². The van der Waals surface area contributed by atoms with Gasteiger partial charge in [-0.2, -0.15) is 0 Å². The molecule has 0 heterocycles. The van der Waals surface area contributed by atoms with Gasteiger partial charge in [0.25, 0.3) is 7.82 Å². The Kier molecular flexibility index (Phi) is 57.0. The number of carbonyl (C=O) groups excluding carboxylic acids is 2. The summed E-state index contributed by atoms with van der Waals surface area (Å²) < 4.78 is 34.1. The zero-order chi connectivity index (χ0) is 55.6. The number of allylic oxidation sites excluding steroid dienone is 4. The molecular weight excluding hydrogens is 966 g/mol. The van der Waals surface area contributed by atoms with Crippen molar-refractivity contribution in [1.82, 2.24) is 0 Å². The lowest BCUT2D eigenvalue weighted by molar-refractivity contribution is -0.870. The van der Waals surface area contributed by atoms with Crippen LogP contribution >= 0.6 is 7.82 Å². The van der Waals surface area contributed by atoms with E-state index in [1.165, 1.54) is 250 Å². The highest BCUT2D eigenvalue weighted by molar-refractivity contribution is 7.45. The molecule has 0 saturated carbocycles. The van der Waals surface area contributed by atoms with Crippen LogP contribution in [0, 0.1) is 0 Å². The Labute approximate surface area is 472 Å². The SMILES string of the molecule is CCCCCC/C=C\CCCCCCCC(=O)OCC(COP(=O)([O-])OCC[N+](C)(C)C)OC(=O)CCCCCCCCCCCCCCCCCCCCCCCCCCCCC/C=C\CCCCCCCCCC. The average molecular weight is 1090 g/mol. The zero-order valence-electron chi connectivity index (χ0n) is 51.2. The number of phosphoric acid groups is 1. The summed E-state index contributed by atoms with van der Waals surface area (Å²) in [6.45, 7) is 4.26. The molecule has 0 spiro atoms. The molecular formula is C66H128NO8P. The Bertz CT molecular complexity index is 1330. The first-order chi connectivity index (χ1) is 37.0. The maximum atomic E-state index is 12.8. The van der Waals surface area contributed by atoms with E-state index in [0.717, 1.165) is 51.4 Å². The van der Waals surface area contributed by atoms with Crippen LogP contribution in [0.2, 0.25) is 0 Å². The molecule has 0 N–H and O–H groups in total. The Hall–Kier alpha value is -1.51. The first-order valence-corrected chi connectivity index (χ1v) is 34.5. The number of hydrogen-bond acceptors (Lipinski definition) is 8. The van der Waals surface area contributed by atoms with Gasteiger partial charge in [0.05, 0.1) is 27.7 Å². The summed E-state index contributed by atoms with van der Waals surface area (Å²) >= 11 is 0. The highest BCUT2D eigenvalue weighted by atomic mass is 31.2. The van der Waals surface area contributed by atoms with E-state index in [0.29, 0.717) is 17.4 Å². The van der Waals surface area contributed by atoms with Crippen molar-refractivity contribution < 1.29 is 42.1 Å². The van der Waals surface area contributed by atoms with E-state index < -0.39 is 26.5 Å². The van der Waals surface area contributed by atoms with Crippen molar-refractivity contribution in [1.29, 1.82) is 0 Å². The molecule has 2 atom stereocenters. The number of likely N-dealkylation sites (N-methyl/N-ethyl adjacent to an activating group) is 1. The monoisotopic (exact) mass is 1090 g/mol. The van der Waals surface area contributed by atoms with E-state index >= 15 is 0 Å². The van der Waals surface area contributed by atoms with E-state index in [1.807, 2.05) is 21.1 Å². The third kappa shape index (κ3) is 61.7. The van der Waals surface area contributed by atoms with Crippen LogP contribution in [0.3, 0.4) is 0 Å². The first-order valence-electron chi connectivity index (χ1n) is 33.0. The number of rotatable bonds is 62. The van der Waals surface area contributed by atoms with Crippen molar-refractivity contribution in [3.05, 3.63) is 24.3 Å². The number of phosphoric ester groups is 1. The molecule has 76 heavy (non-hydrogen) atoms. The second kappa shape index (κ2) is 58.2. The minimum absolute atomic E-state index is 0.0291. The van der Waals surface area contributed by atoms with Crippen molar-refractivity contribution in [3.63, 3.8) is 0 Å². The highest BCUT2D eigenvalue weighted by Gasteiger charge is 2.22. The third-order valence-corrected chi connectivity index (χ3v) is 15.9. The topological polar surface area (TPSA) is 111 Å². The molecule has 450 valence electrons. The number of hydrogen-bond donors (Lipinski definition) is 0. The Morgan fingerprint density at radius 1 is 0.395 bits per heavy atom. The van der Waals surface area contributed by atoms with Crippen molar-refractivity contribution in [2.24, 2.45) is 0 Å². The lowest BCUT2D eigenvalue weighted by Gasteiger charge is -2.28. The molecule has 0 fully saturated rings. The van der Waals surface area contributed by atoms with Gasteiger partial charge in [0, 0.05) is 12.8 Å². The van der Waals surface area contributed by atoms with Gasteiger partial charge in [0.2, 0.25) is 0 Å². The van der Waals surface area contributed by atoms with E-state index in [9.17, 15) is 19.0 Å². The van der Waals surface area contributed by atoms with Gasteiger partial charge in [-0.3, -0.25) is 14.2 Å². The maximum Gasteiger partial charge on any atom is 0.306 e. The van der Waals surface area contributed by atoms with Gasteiger partial charge in [-0.1, -0.05) is 282 Å². The molecule has 0 aromatic rings. The average Bonchev–Trinajstić information content (AvgIpc) is 3.38. The summed E-state index contributed by atoms with van der Waals surface area (Å²) in [6, 6.07) is 0. The summed E-state index contributed by atoms with van der Waals surface area (Å²) in [4.78, 5) is 37.8. The number of ether oxygens (including phenoxy) is 2. The minimum Gasteiger partial charge on any atom is -0.756 e. The van der Waals surface area contributed by atoms with Crippen LogP contribution in [0.15, 0.2) is 24.3 Å². The minimum atomic E-state index is -4.63. The van der Waals surface area contributed by atoms with Gasteiger partial charge >= 0.3 is 11.9 Å². The van der Waals surface area contributed by atoms with Gasteiger partial charge in [0.15, 0.2) is 6.10 Å². The molecule has 0 bridgehead atoms. The van der Waals surface area contributed by atoms with Crippen LogP contribution in [0.5, 0.6) is 0 Å². The maximum absolute atomic E-state index is 12.8. The van der Waals surface area contributed by atoms with Crippen molar-refractivity contribution in [2.45, 2.75) is 341 Å². The van der Waals surface area contributed by atoms with E-state index in [4.69, 9.17) is 18.5 Å². The van der Waals surface area contributed by atoms with Crippen LogP contribution in [0.25, 0.3) is 0 Å². The summed E-state index contributed by atoms with van der Waals surface area (Å²) in [5.74, 6) is -0.828. The smallest absolute Gasteiger partial charge is 0.306 e. The fourth-order valence-electron chi connectivity index (χ4n) is 9.83. The molecule has 0 aliphatic rings. The van der Waals surface area contributed by atoms with Gasteiger partial charge in [-0.25, -0.2) is 0 Å². The van der Waals surface area contributed by atoms with E-state index in [1.54, 1.807) is 0 Å². The fraction of sp³-hybridized carbons (Fsp3) is 0.909. The molecule has 10 heteroatoms. The molecule has 2 unspecified atom stereocenters. The van der Waals surface area contributed by atoms with Crippen LogP contribution in [-0.2, 0) is 32.7 Å². The third-order valence-electron chi connectivity index (χ3n) is 14.9. The molecule has 0 rings (SSSR count). The van der Waals surface area contributed by atoms with Crippen LogP contribution in [0.1, 0.15) is 335 Å². The highest BCUT2D eigenvalue weighted by Crippen LogP contribution is 2.38. The lowest BCUT2D eigenvalue weighted by atomic mass is 10.0. The van der Waals surface area contributed by atoms with Gasteiger partial charge < -0.3 is 27.9 Å². The normalized spacial score (nSPS) is 13.3. The Morgan fingerprint density at radius 3 is 0.987 bits per heavy atom. The Balaban J connectivity index is 3.84. The summed E-state index contributed by atoms with van der Waals surface area (Å²) in [7, 11) is 1.18. The van der Waals surface area contributed by atoms with Crippen molar-refractivity contribution >= 4 is 19.8 Å². The van der Waals surface area contributed by atoms with Gasteiger partial charge in [0.1, 0.15) is 19.8 Å². The number of carbonyl (C=O) groups is 2. The molecule has 0 aromatic carbocycles. The summed E-state index contributed by atoms with van der Waals surface area (Å²) in [5.41, 5.74) is 0. The second-order valence-electron chi connectivity index (χ2n) is 23.8. The number of quaternary nitrogens is 1. The van der Waals surface area contributed by atoms with E-state index in [2.05, 4.69) is 38.2 Å². The second-order valence-corrected chi connectivity index (χ2v) is 25.2. The largest absolute Gasteiger partial charge is 0.756 e. The van der Waals surface area contributed by atoms with Crippen molar-refractivity contribution in [3.8, 4) is 0 Å². The molecule has 0 aliphatic heterocycles. The van der Waals surface area contributed by atoms with E-state index in [-0.39, 0.29) is 32.0 Å². The van der Waals surface area contributed by atoms with Crippen LogP contribution in [-0.4, -0.2) is 70.0 Å². The predicted molar refractivity (Wildman–Crippen MR) is 324 cm³/mol. The van der Waals surface area contributed by atoms with Gasteiger partial charge in [-0.15, -0.1) is 0 Å². The summed E-state index contributed by atoms with van der Waals surface area (Å²) in [5, 5.41) is 0. The van der Waals surface area contributed by atoms with Crippen molar-refractivity contribution in [2.75, 3.05) is 47.5 Å². The fourth-order valence-corrected chi connectivity index (χ4v) is 10.6. The summed E-state index contributed by atoms with van der Waals surface area (Å²) in [6.07, 6.45) is 71.4. The first kappa shape index (κ1) is 74.5. The molecule has 0 amide bonds. The number of esters is 2.